The molecule has 3 atom stereocenters. The second kappa shape index (κ2) is 8.93. The number of aliphatic hydroxyl groups is 2. The third-order valence-corrected chi connectivity index (χ3v) is 3.67. The van der Waals surface area contributed by atoms with Crippen LogP contribution in [0.15, 0.2) is 48.1 Å². The van der Waals surface area contributed by atoms with Crippen LogP contribution >= 0.6 is 0 Å². The molecular weight excluding hydrogens is 248 g/mol. The highest BCUT2D eigenvalue weighted by Crippen LogP contribution is 2.25. The Hall–Kier alpha value is -1.12. The molecule has 0 amide bonds. The minimum Gasteiger partial charge on any atom is -0.390 e. The average Bonchev–Trinajstić information content (AvgIpc) is 2.38. The average molecular weight is 276 g/mol. The molecule has 3 unspecified atom stereocenters. The lowest BCUT2D eigenvalue weighted by Gasteiger charge is -2.28. The van der Waals surface area contributed by atoms with Crippen molar-refractivity contribution in [1.29, 1.82) is 0 Å². The number of hydrogen-bond donors (Lipinski definition) is 2. The summed E-state index contributed by atoms with van der Waals surface area (Å²) in [5.41, 5.74) is 2.48. The Labute approximate surface area is 123 Å². The summed E-state index contributed by atoms with van der Waals surface area (Å²) in [6.07, 6.45) is 13.7. The molecule has 0 aromatic rings. The number of allylic oxidation sites excluding steroid dienone is 7. The van der Waals surface area contributed by atoms with Gasteiger partial charge in [-0.15, -0.1) is 0 Å². The predicted molar refractivity (Wildman–Crippen MR) is 85.4 cm³/mol. The molecule has 0 saturated heterocycles. The molecule has 2 heteroatoms. The number of hydrogen-bond acceptors (Lipinski definition) is 2. The van der Waals surface area contributed by atoms with E-state index in [4.69, 9.17) is 0 Å². The molecule has 1 aliphatic rings. The molecule has 2 N–H and O–H groups in total. The standard InChI is InChI=1S/C18H28O2/c1-14(2)7-6-9-15(3)8-4-5-10-16-11-12-17(19)18(20)13-16/h4-5,7-8,10,16-20H,3,6,9,11-13H2,1-2H3/b8-4+,10-5+. The maximum atomic E-state index is 9.61. The fraction of sp³-hybridized carbons (Fsp3) is 0.556. The summed E-state index contributed by atoms with van der Waals surface area (Å²) >= 11 is 0. The van der Waals surface area contributed by atoms with E-state index in [1.54, 1.807) is 0 Å². The van der Waals surface area contributed by atoms with Gasteiger partial charge in [0.15, 0.2) is 0 Å². The van der Waals surface area contributed by atoms with Gasteiger partial charge in [0.05, 0.1) is 12.2 Å². The molecule has 2 nitrogen and oxygen atoms in total. The van der Waals surface area contributed by atoms with Crippen LogP contribution in [0.4, 0.5) is 0 Å². The zero-order valence-electron chi connectivity index (χ0n) is 12.8. The second-order valence-corrected chi connectivity index (χ2v) is 5.93. The molecule has 0 aromatic heterocycles. The van der Waals surface area contributed by atoms with Crippen LogP contribution in [0.5, 0.6) is 0 Å². The fourth-order valence-corrected chi connectivity index (χ4v) is 2.38. The third kappa shape index (κ3) is 6.88. The summed E-state index contributed by atoms with van der Waals surface area (Å²) in [5.74, 6) is 0.372. The van der Waals surface area contributed by atoms with Crippen molar-refractivity contribution in [2.24, 2.45) is 5.92 Å². The molecule has 20 heavy (non-hydrogen) atoms. The van der Waals surface area contributed by atoms with E-state index >= 15 is 0 Å². The second-order valence-electron chi connectivity index (χ2n) is 5.93. The first-order valence-electron chi connectivity index (χ1n) is 7.51. The quantitative estimate of drug-likeness (QED) is 0.570. The first-order valence-corrected chi connectivity index (χ1v) is 7.51. The van der Waals surface area contributed by atoms with Gasteiger partial charge in [-0.25, -0.2) is 0 Å². The van der Waals surface area contributed by atoms with Crippen molar-refractivity contribution >= 4 is 0 Å². The highest BCUT2D eigenvalue weighted by molar-refractivity contribution is 5.20. The van der Waals surface area contributed by atoms with Gasteiger partial charge in [0.2, 0.25) is 0 Å². The smallest absolute Gasteiger partial charge is 0.0804 e. The van der Waals surface area contributed by atoms with Crippen molar-refractivity contribution in [2.45, 2.75) is 58.2 Å². The van der Waals surface area contributed by atoms with Gasteiger partial charge in [-0.1, -0.05) is 48.1 Å². The van der Waals surface area contributed by atoms with Crippen LogP contribution in [0.3, 0.4) is 0 Å². The number of rotatable bonds is 6. The highest BCUT2D eigenvalue weighted by Gasteiger charge is 2.25. The Morgan fingerprint density at radius 2 is 1.90 bits per heavy atom. The molecule has 1 rings (SSSR count). The Balaban J connectivity index is 2.28. The lowest BCUT2D eigenvalue weighted by molar-refractivity contribution is -0.0189. The van der Waals surface area contributed by atoms with E-state index in [0.29, 0.717) is 18.8 Å². The summed E-state index contributed by atoms with van der Waals surface area (Å²) in [7, 11) is 0. The van der Waals surface area contributed by atoms with Crippen LogP contribution in [-0.2, 0) is 0 Å². The van der Waals surface area contributed by atoms with E-state index in [-0.39, 0.29) is 0 Å². The molecule has 0 aliphatic heterocycles. The normalized spacial score (nSPS) is 27.1. The van der Waals surface area contributed by atoms with Crippen molar-refractivity contribution in [3.8, 4) is 0 Å². The van der Waals surface area contributed by atoms with Gasteiger partial charge in [0.1, 0.15) is 0 Å². The minimum absolute atomic E-state index is 0.372. The summed E-state index contributed by atoms with van der Waals surface area (Å²) in [6.45, 7) is 8.25. The molecular formula is C18H28O2. The zero-order valence-corrected chi connectivity index (χ0v) is 12.8. The zero-order chi connectivity index (χ0) is 15.0. The van der Waals surface area contributed by atoms with Crippen molar-refractivity contribution in [3.05, 3.63) is 48.1 Å². The minimum atomic E-state index is -0.568. The van der Waals surface area contributed by atoms with Gasteiger partial charge in [-0.2, -0.15) is 0 Å². The van der Waals surface area contributed by atoms with Crippen LogP contribution in [-0.4, -0.2) is 22.4 Å². The van der Waals surface area contributed by atoms with Gasteiger partial charge in [-0.05, 0) is 51.9 Å². The Bertz CT molecular complexity index is 386. The van der Waals surface area contributed by atoms with E-state index in [1.807, 2.05) is 18.2 Å². The van der Waals surface area contributed by atoms with Gasteiger partial charge < -0.3 is 10.2 Å². The summed E-state index contributed by atoms with van der Waals surface area (Å²) < 4.78 is 0. The van der Waals surface area contributed by atoms with Gasteiger partial charge >= 0.3 is 0 Å². The van der Waals surface area contributed by atoms with Crippen molar-refractivity contribution in [2.75, 3.05) is 0 Å². The molecule has 0 aromatic carbocycles. The Morgan fingerprint density at radius 3 is 2.55 bits per heavy atom. The largest absolute Gasteiger partial charge is 0.390 e. The lowest BCUT2D eigenvalue weighted by atomic mass is 9.85. The highest BCUT2D eigenvalue weighted by atomic mass is 16.3. The molecule has 0 heterocycles. The van der Waals surface area contributed by atoms with Crippen molar-refractivity contribution in [3.63, 3.8) is 0 Å². The van der Waals surface area contributed by atoms with E-state index in [9.17, 15) is 10.2 Å². The van der Waals surface area contributed by atoms with Crippen molar-refractivity contribution in [1.82, 2.24) is 0 Å². The first-order chi connectivity index (χ1) is 9.49. The van der Waals surface area contributed by atoms with Crippen molar-refractivity contribution < 1.29 is 10.2 Å². The summed E-state index contributed by atoms with van der Waals surface area (Å²) in [4.78, 5) is 0. The molecule has 0 bridgehead atoms. The molecule has 1 fully saturated rings. The van der Waals surface area contributed by atoms with Gasteiger partial charge in [0, 0.05) is 0 Å². The van der Waals surface area contributed by atoms with Crippen LogP contribution in [0.1, 0.15) is 46.0 Å². The van der Waals surface area contributed by atoms with Crippen LogP contribution < -0.4 is 0 Å². The molecule has 1 saturated carbocycles. The number of aliphatic hydroxyl groups excluding tert-OH is 2. The monoisotopic (exact) mass is 276 g/mol. The fourth-order valence-electron chi connectivity index (χ4n) is 2.38. The third-order valence-electron chi connectivity index (χ3n) is 3.67. The first kappa shape index (κ1) is 16.9. The van der Waals surface area contributed by atoms with Gasteiger partial charge in [0.25, 0.3) is 0 Å². The van der Waals surface area contributed by atoms with Gasteiger partial charge in [-0.3, -0.25) is 0 Å². The lowest BCUT2D eigenvalue weighted by Crippen LogP contribution is -2.32. The Morgan fingerprint density at radius 1 is 1.15 bits per heavy atom. The van der Waals surface area contributed by atoms with Crippen LogP contribution in [0.25, 0.3) is 0 Å². The molecule has 0 spiro atoms. The Kier molecular flexibility index (Phi) is 7.56. The maximum absolute atomic E-state index is 9.61. The predicted octanol–water partition coefficient (Wildman–Crippen LogP) is 3.92. The van der Waals surface area contributed by atoms with Crippen LogP contribution in [0, 0.1) is 5.92 Å². The maximum Gasteiger partial charge on any atom is 0.0804 e. The molecule has 0 radical (unpaired) electrons. The molecule has 1 aliphatic carbocycles. The molecule has 112 valence electrons. The topological polar surface area (TPSA) is 40.5 Å². The summed E-state index contributed by atoms with van der Waals surface area (Å²) in [5, 5.41) is 19.1. The van der Waals surface area contributed by atoms with E-state index in [1.165, 1.54) is 5.57 Å². The SMILES string of the molecule is C=C(/C=C/C=C/C1CCC(O)C(O)C1)CCC=C(C)C. The van der Waals surface area contributed by atoms with E-state index in [2.05, 4.69) is 32.6 Å². The van der Waals surface area contributed by atoms with E-state index < -0.39 is 12.2 Å². The van der Waals surface area contributed by atoms with Crippen LogP contribution in [0.2, 0.25) is 0 Å². The van der Waals surface area contributed by atoms with E-state index in [0.717, 1.165) is 24.8 Å². The summed E-state index contributed by atoms with van der Waals surface area (Å²) in [6, 6.07) is 0.